The molecule has 0 unspecified atom stereocenters. The second-order valence-electron chi connectivity index (χ2n) is 2.75. The second kappa shape index (κ2) is 6.44. The number of hydrogen-bond acceptors (Lipinski definition) is 3. The van der Waals surface area contributed by atoms with Gasteiger partial charge in [-0.15, -0.1) is 0 Å². The minimum atomic E-state index is -0.0404. The zero-order valence-electron chi connectivity index (χ0n) is 8.09. The van der Waals surface area contributed by atoms with Gasteiger partial charge in [-0.3, -0.25) is 4.98 Å². The van der Waals surface area contributed by atoms with Gasteiger partial charge in [-0.25, -0.2) is 0 Å². The Balaban J connectivity index is 2.58. The Morgan fingerprint density at radius 1 is 1.53 bits per heavy atom. The maximum atomic E-state index is 8.86. The fraction of sp³-hybridized carbons (Fsp3) is 0.300. The zero-order valence-corrected chi connectivity index (χ0v) is 8.09. The quantitative estimate of drug-likeness (QED) is 0.265. The molecule has 15 heavy (non-hydrogen) atoms. The molecule has 0 aliphatic heterocycles. The van der Waals surface area contributed by atoms with Crippen molar-refractivity contribution in [2.24, 2.45) is 5.11 Å². The Labute approximate surface area is 87.4 Å². The molecule has 0 radical (unpaired) electrons. The highest BCUT2D eigenvalue weighted by atomic mass is 16.3. The fourth-order valence-electron chi connectivity index (χ4n) is 0.958. The van der Waals surface area contributed by atoms with Gasteiger partial charge in [-0.1, -0.05) is 17.0 Å². The zero-order chi connectivity index (χ0) is 10.9. The summed E-state index contributed by atoms with van der Waals surface area (Å²) in [6.45, 7) is 0.331. The van der Waals surface area contributed by atoms with Crippen LogP contribution in [0, 0.1) is 11.8 Å². The number of aliphatic hydroxyl groups excluding tert-OH is 1. The number of pyridine rings is 1. The molecule has 1 heterocycles. The fourth-order valence-corrected chi connectivity index (χ4v) is 0.958. The van der Waals surface area contributed by atoms with Crippen molar-refractivity contribution in [1.29, 1.82) is 0 Å². The average molecular weight is 202 g/mol. The van der Waals surface area contributed by atoms with Crippen molar-refractivity contribution in [3.05, 3.63) is 40.0 Å². The Bertz CT molecular complexity index is 427. The Kier molecular flexibility index (Phi) is 4.74. The lowest BCUT2D eigenvalue weighted by Crippen LogP contribution is -1.86. The van der Waals surface area contributed by atoms with E-state index in [-0.39, 0.29) is 6.61 Å². The van der Waals surface area contributed by atoms with Gasteiger partial charge in [0.2, 0.25) is 0 Å². The lowest BCUT2D eigenvalue weighted by molar-refractivity contribution is 0.281. The second-order valence-corrected chi connectivity index (χ2v) is 2.75. The average Bonchev–Trinajstić information content (AvgIpc) is 2.29. The lowest BCUT2D eigenvalue weighted by Gasteiger charge is -1.94. The van der Waals surface area contributed by atoms with Crippen LogP contribution in [0.3, 0.4) is 0 Å². The first-order valence-electron chi connectivity index (χ1n) is 4.41. The maximum Gasteiger partial charge on any atom is 0.0697 e. The summed E-state index contributed by atoms with van der Waals surface area (Å²) in [5, 5.41) is 12.2. The van der Waals surface area contributed by atoms with Crippen LogP contribution in [0.25, 0.3) is 10.4 Å². The van der Waals surface area contributed by atoms with Gasteiger partial charge in [0.1, 0.15) is 0 Å². The molecule has 0 amide bonds. The molecule has 1 aromatic rings. The molecule has 0 saturated heterocycles. The number of hydrogen-bond donors (Lipinski definition) is 1. The van der Waals surface area contributed by atoms with Crippen molar-refractivity contribution >= 4 is 0 Å². The van der Waals surface area contributed by atoms with Gasteiger partial charge >= 0.3 is 0 Å². The van der Waals surface area contributed by atoms with E-state index in [1.54, 1.807) is 18.5 Å². The summed E-state index contributed by atoms with van der Waals surface area (Å²) in [5.74, 6) is 5.72. The highest BCUT2D eigenvalue weighted by Gasteiger charge is 1.91. The van der Waals surface area contributed by atoms with Gasteiger partial charge in [0.05, 0.1) is 6.61 Å². The van der Waals surface area contributed by atoms with Crippen LogP contribution in [0.1, 0.15) is 17.5 Å². The first kappa shape index (κ1) is 11.1. The van der Waals surface area contributed by atoms with Crippen molar-refractivity contribution in [2.45, 2.75) is 13.0 Å². The smallest absolute Gasteiger partial charge is 0.0697 e. The van der Waals surface area contributed by atoms with Gasteiger partial charge in [-0.2, -0.15) is 0 Å². The van der Waals surface area contributed by atoms with Gasteiger partial charge in [0.15, 0.2) is 0 Å². The molecule has 5 nitrogen and oxygen atoms in total. The minimum Gasteiger partial charge on any atom is -0.392 e. The Morgan fingerprint density at radius 2 is 2.40 bits per heavy atom. The van der Waals surface area contributed by atoms with E-state index in [1.807, 2.05) is 0 Å². The summed E-state index contributed by atoms with van der Waals surface area (Å²) in [6, 6.07) is 1.77. The molecule has 0 aliphatic rings. The molecule has 0 aromatic carbocycles. The van der Waals surface area contributed by atoms with Crippen LogP contribution in [0.2, 0.25) is 0 Å². The van der Waals surface area contributed by atoms with Gasteiger partial charge in [-0.05, 0) is 17.2 Å². The SMILES string of the molecule is [N-]=[N+]=NCCC#Cc1cncc(CO)c1. The normalized spacial score (nSPS) is 8.60. The molecule has 1 aromatic heterocycles. The topological polar surface area (TPSA) is 81.9 Å². The van der Waals surface area contributed by atoms with Crippen LogP contribution in [0.15, 0.2) is 23.6 Å². The largest absolute Gasteiger partial charge is 0.392 e. The first-order chi connectivity index (χ1) is 7.36. The molecule has 0 aliphatic carbocycles. The highest BCUT2D eigenvalue weighted by Crippen LogP contribution is 2.00. The predicted octanol–water partition coefficient (Wildman–Crippen LogP) is 1.63. The van der Waals surface area contributed by atoms with Crippen molar-refractivity contribution in [3.63, 3.8) is 0 Å². The summed E-state index contributed by atoms with van der Waals surface area (Å²) in [6.07, 6.45) is 3.73. The van der Waals surface area contributed by atoms with Crippen LogP contribution in [-0.4, -0.2) is 16.6 Å². The number of aromatic nitrogens is 1. The molecule has 0 spiro atoms. The van der Waals surface area contributed by atoms with E-state index in [0.717, 1.165) is 11.1 Å². The molecule has 1 rings (SSSR count). The van der Waals surface area contributed by atoms with Crippen LogP contribution < -0.4 is 0 Å². The molecule has 0 atom stereocenters. The van der Waals surface area contributed by atoms with E-state index in [4.69, 9.17) is 10.6 Å². The summed E-state index contributed by atoms with van der Waals surface area (Å²) < 4.78 is 0. The van der Waals surface area contributed by atoms with E-state index in [9.17, 15) is 0 Å². The number of azide groups is 1. The van der Waals surface area contributed by atoms with Crippen molar-refractivity contribution in [1.82, 2.24) is 4.98 Å². The molecule has 1 N–H and O–H groups in total. The van der Waals surface area contributed by atoms with Crippen LogP contribution in [-0.2, 0) is 6.61 Å². The van der Waals surface area contributed by atoms with E-state index < -0.39 is 0 Å². The standard InChI is InChI=1S/C10H10N4O/c11-14-13-4-2-1-3-9-5-10(8-15)7-12-6-9/h5-7,15H,2,4,8H2. The van der Waals surface area contributed by atoms with E-state index >= 15 is 0 Å². The number of rotatable bonds is 3. The third-order valence-electron chi connectivity index (χ3n) is 1.61. The lowest BCUT2D eigenvalue weighted by atomic mass is 10.2. The Hall–Kier alpha value is -2.02. The summed E-state index contributed by atoms with van der Waals surface area (Å²) >= 11 is 0. The first-order valence-corrected chi connectivity index (χ1v) is 4.41. The van der Waals surface area contributed by atoms with Crippen LogP contribution in [0.5, 0.6) is 0 Å². The van der Waals surface area contributed by atoms with E-state index in [1.165, 1.54) is 0 Å². The van der Waals surface area contributed by atoms with Crippen molar-refractivity contribution in [2.75, 3.05) is 6.54 Å². The summed E-state index contributed by atoms with van der Waals surface area (Å²) in [5.41, 5.74) is 9.51. The molecule has 0 saturated carbocycles. The molecular formula is C10H10N4O. The van der Waals surface area contributed by atoms with Crippen molar-refractivity contribution in [3.8, 4) is 11.8 Å². The van der Waals surface area contributed by atoms with E-state index in [0.29, 0.717) is 13.0 Å². The summed E-state index contributed by atoms with van der Waals surface area (Å²) in [4.78, 5) is 6.55. The monoisotopic (exact) mass is 202 g/mol. The molecular weight excluding hydrogens is 192 g/mol. The Morgan fingerprint density at radius 3 is 3.13 bits per heavy atom. The van der Waals surface area contributed by atoms with Crippen molar-refractivity contribution < 1.29 is 5.11 Å². The molecule has 0 bridgehead atoms. The third kappa shape index (κ3) is 4.14. The van der Waals surface area contributed by atoms with Gasteiger partial charge in [0.25, 0.3) is 0 Å². The van der Waals surface area contributed by atoms with Gasteiger partial charge in [0, 0.05) is 35.8 Å². The number of nitrogens with zero attached hydrogens (tertiary/aromatic N) is 4. The molecule has 5 heteroatoms. The third-order valence-corrected chi connectivity index (χ3v) is 1.61. The minimum absolute atomic E-state index is 0.0404. The van der Waals surface area contributed by atoms with Crippen LogP contribution in [0.4, 0.5) is 0 Å². The summed E-state index contributed by atoms with van der Waals surface area (Å²) in [7, 11) is 0. The van der Waals surface area contributed by atoms with Crippen LogP contribution >= 0.6 is 0 Å². The number of aliphatic hydroxyl groups is 1. The van der Waals surface area contributed by atoms with Gasteiger partial charge < -0.3 is 5.11 Å². The molecule has 0 fully saturated rings. The van der Waals surface area contributed by atoms with E-state index in [2.05, 4.69) is 26.9 Å². The predicted molar refractivity (Wildman–Crippen MR) is 55.7 cm³/mol. The highest BCUT2D eigenvalue weighted by molar-refractivity contribution is 5.33. The molecule has 76 valence electrons. The maximum absolute atomic E-state index is 8.86.